The lowest BCUT2D eigenvalue weighted by Crippen LogP contribution is -2.09. The van der Waals surface area contributed by atoms with Gasteiger partial charge in [0.25, 0.3) is 0 Å². The van der Waals surface area contributed by atoms with Gasteiger partial charge in [0.1, 0.15) is 27.6 Å². The maximum Gasteiger partial charge on any atom is 0.119 e. The number of pyridine rings is 7. The first-order valence-corrected chi connectivity index (χ1v) is 26.3. The quantitative estimate of drug-likeness (QED) is 0.109. The van der Waals surface area contributed by atoms with Crippen molar-refractivity contribution >= 4 is 110 Å². The molecule has 0 fully saturated rings. The van der Waals surface area contributed by atoms with Crippen LogP contribution in [0.4, 0.5) is 0 Å². The van der Waals surface area contributed by atoms with Crippen molar-refractivity contribution in [3.05, 3.63) is 186 Å². The summed E-state index contributed by atoms with van der Waals surface area (Å²) in [5.41, 5.74) is 26.7. The van der Waals surface area contributed by atoms with Gasteiger partial charge in [-0.2, -0.15) is 0 Å². The molecule has 78 heavy (non-hydrogen) atoms. The Morgan fingerprint density at radius 3 is 1.21 bits per heavy atom. The third-order valence-electron chi connectivity index (χ3n) is 16.7. The number of hydrogen-bond donors (Lipinski definition) is 2. The van der Waals surface area contributed by atoms with Crippen molar-refractivity contribution in [3.8, 4) is 56.9 Å². The molecule has 13 nitrogen and oxygen atoms in total. The van der Waals surface area contributed by atoms with Crippen LogP contribution >= 0.6 is 0 Å². The van der Waals surface area contributed by atoms with Crippen LogP contribution < -0.4 is 0 Å². The van der Waals surface area contributed by atoms with E-state index >= 15 is 0 Å². The molecule has 3 aliphatic carbocycles. The second kappa shape index (κ2) is 14.6. The molecule has 2 N–H and O–H groups in total. The predicted octanol–water partition coefficient (Wildman–Crippen LogP) is 13.7. The highest BCUT2D eigenvalue weighted by Crippen LogP contribution is 2.43. The van der Waals surface area contributed by atoms with Gasteiger partial charge in [-0.05, 0) is 131 Å². The number of hydrogen-bond acceptors (Lipinski definition) is 11. The summed E-state index contributed by atoms with van der Waals surface area (Å²) in [6.07, 6.45) is 13.7. The summed E-state index contributed by atoms with van der Waals surface area (Å²) in [7, 11) is 0. The van der Waals surface area contributed by atoms with Crippen LogP contribution in [0.3, 0.4) is 0 Å². The number of aromatic amines is 2. The lowest BCUT2D eigenvalue weighted by atomic mass is 9.91. The predicted molar refractivity (Wildman–Crippen MR) is 307 cm³/mol. The van der Waals surface area contributed by atoms with Crippen LogP contribution in [0.15, 0.2) is 152 Å². The highest BCUT2D eigenvalue weighted by molar-refractivity contribution is 6.26. The van der Waals surface area contributed by atoms with Crippen molar-refractivity contribution in [2.75, 3.05) is 0 Å². The fourth-order valence-electron chi connectivity index (χ4n) is 12.6. The second-order valence-corrected chi connectivity index (χ2v) is 21.1. The van der Waals surface area contributed by atoms with Crippen LogP contribution in [0.5, 0.6) is 0 Å². The molecule has 0 spiro atoms. The first-order chi connectivity index (χ1) is 38.5. The zero-order valence-corrected chi connectivity index (χ0v) is 41.2. The molecule has 19 rings (SSSR count). The summed E-state index contributed by atoms with van der Waals surface area (Å²) < 4.78 is 0. The van der Waals surface area contributed by atoms with Crippen LogP contribution in [0.1, 0.15) is 46.7 Å². The molecule has 2 aliphatic heterocycles. The zero-order chi connectivity index (χ0) is 50.5. The summed E-state index contributed by atoms with van der Waals surface area (Å²) in [6.45, 7) is 0. The second-order valence-electron chi connectivity index (χ2n) is 21.1. The maximum atomic E-state index is 5.63. The highest BCUT2D eigenvalue weighted by atomic mass is 14.9. The zero-order valence-electron chi connectivity index (χ0n) is 41.2. The molecule has 13 heterocycles. The number of aryl methyl sites for hydroxylation is 2. The third-order valence-corrected chi connectivity index (χ3v) is 16.7. The molecular formula is C65H35N13. The van der Waals surface area contributed by atoms with Gasteiger partial charge in [0.15, 0.2) is 0 Å². The molecule has 0 unspecified atom stereocenters. The standard InChI is InChI=1S/C65H35N13/c1-3-32-11-18-48-44-23-25-46(67-44)50-21-14-39-58(74-50)57-38(13-20-43(71-57)35-6-5-34(27-35)41-16-9-30(1)53(69-41)55(32)72-48)60-59(39)77-62-40-15-22-51-47-26-24-45(68-47)49-19-12-33-4-2-31-10-17-42(70-54(31)56(33)73-49)36-7-8-37(28-36)52-29-66-63(65(62)78-60)64(76-52)61(40)75-51/h2,4-26,29,67-68H,1,3,27-28H2. The third kappa shape index (κ3) is 5.65. The molecule has 0 amide bonds. The molecule has 24 bridgehead atoms. The Labute approximate surface area is 441 Å². The maximum absolute atomic E-state index is 5.63. The topological polar surface area (TPSA) is 173 Å². The summed E-state index contributed by atoms with van der Waals surface area (Å²) in [4.78, 5) is 66.8. The van der Waals surface area contributed by atoms with Gasteiger partial charge < -0.3 is 9.97 Å². The molecule has 3 aromatic carbocycles. The smallest absolute Gasteiger partial charge is 0.119 e. The molecule has 0 saturated heterocycles. The van der Waals surface area contributed by atoms with E-state index in [2.05, 4.69) is 150 Å². The summed E-state index contributed by atoms with van der Waals surface area (Å²) in [6, 6.07) is 42.2. The van der Waals surface area contributed by atoms with E-state index in [1.54, 1.807) is 0 Å². The Balaban J connectivity index is 0.843. The van der Waals surface area contributed by atoms with Gasteiger partial charge in [-0.25, -0.2) is 54.8 Å². The van der Waals surface area contributed by atoms with Crippen molar-refractivity contribution in [3.63, 3.8) is 0 Å². The molecule has 0 saturated carbocycles. The highest BCUT2D eigenvalue weighted by Gasteiger charge is 2.27. The first-order valence-electron chi connectivity index (χ1n) is 26.3. The summed E-state index contributed by atoms with van der Waals surface area (Å²) in [5, 5.41) is 4.55. The molecule has 0 radical (unpaired) electrons. The Bertz CT molecular complexity index is 5350. The van der Waals surface area contributed by atoms with Gasteiger partial charge in [0.05, 0.1) is 119 Å². The molecule has 13 heteroatoms. The minimum Gasteiger partial charge on any atom is -0.352 e. The van der Waals surface area contributed by atoms with E-state index in [9.17, 15) is 0 Å². The fraction of sp³-hybridized carbons (Fsp3) is 0.0615. The fourth-order valence-corrected chi connectivity index (χ4v) is 12.6. The molecule has 0 atom stereocenters. The Hall–Kier alpha value is -10.5. The molecule has 11 aromatic heterocycles. The van der Waals surface area contributed by atoms with Crippen molar-refractivity contribution in [2.45, 2.75) is 25.7 Å². The van der Waals surface area contributed by atoms with E-state index in [-0.39, 0.29) is 0 Å². The molecular weight excluding hydrogens is 963 g/mol. The SMILES string of the molecule is C1=C2CC(=C1)c1ccc3c(n1)c1nc(ccc1c1nc4c5ccc6nc5c5nc(cnc5c4nc31)C1=CC=C(C1)c1ccc3ccc4ccc(nc4c3n1)-c1ccc-6[nH]1)-c1ccc([nH]1)-c1ccc3c(n1)-c1nc2ccc1CC3. The van der Waals surface area contributed by atoms with E-state index in [0.717, 1.165) is 164 Å². The van der Waals surface area contributed by atoms with Crippen molar-refractivity contribution in [2.24, 2.45) is 0 Å². The Morgan fingerprint density at radius 2 is 0.615 bits per heavy atom. The summed E-state index contributed by atoms with van der Waals surface area (Å²) in [5.74, 6) is 0. The number of fused-ring (bicyclic) bond motifs is 30. The minimum atomic E-state index is 0.610. The Kier molecular flexibility index (Phi) is 7.66. The van der Waals surface area contributed by atoms with Gasteiger partial charge >= 0.3 is 0 Å². The van der Waals surface area contributed by atoms with Crippen molar-refractivity contribution in [1.29, 1.82) is 0 Å². The van der Waals surface area contributed by atoms with Crippen molar-refractivity contribution < 1.29 is 0 Å². The monoisotopic (exact) mass is 997 g/mol. The molecule has 14 aromatic rings. The van der Waals surface area contributed by atoms with Crippen LogP contribution in [-0.2, 0) is 12.8 Å². The number of H-pyrrole nitrogens is 2. The lowest BCUT2D eigenvalue weighted by Gasteiger charge is -2.20. The number of allylic oxidation sites excluding steroid dienone is 8. The van der Waals surface area contributed by atoms with Gasteiger partial charge in [-0.3, -0.25) is 0 Å². The number of nitrogens with one attached hydrogen (secondary N) is 2. The van der Waals surface area contributed by atoms with Gasteiger partial charge in [-0.1, -0.05) is 60.7 Å². The average molecular weight is 998 g/mol. The van der Waals surface area contributed by atoms with E-state index in [1.165, 1.54) is 11.1 Å². The van der Waals surface area contributed by atoms with E-state index in [1.807, 2.05) is 12.3 Å². The van der Waals surface area contributed by atoms with Crippen molar-refractivity contribution in [1.82, 2.24) is 64.8 Å². The van der Waals surface area contributed by atoms with Gasteiger partial charge in [0.2, 0.25) is 0 Å². The van der Waals surface area contributed by atoms with Gasteiger partial charge in [0, 0.05) is 39.8 Å². The van der Waals surface area contributed by atoms with Crippen LogP contribution in [0.2, 0.25) is 0 Å². The normalized spacial score (nSPS) is 14.8. The van der Waals surface area contributed by atoms with E-state index < -0.39 is 0 Å². The van der Waals surface area contributed by atoms with Gasteiger partial charge in [-0.15, -0.1) is 0 Å². The summed E-state index contributed by atoms with van der Waals surface area (Å²) >= 11 is 0. The Morgan fingerprint density at radius 1 is 0.269 bits per heavy atom. The van der Waals surface area contributed by atoms with Crippen LogP contribution in [0.25, 0.3) is 167 Å². The first kappa shape index (κ1) is 40.8. The average Bonchev–Trinajstić information content (AvgIpc) is 4.42. The van der Waals surface area contributed by atoms with Crippen LogP contribution in [0, 0.1) is 0 Å². The number of nitrogens with zero attached hydrogens (tertiary/aromatic N) is 11. The lowest BCUT2D eigenvalue weighted by molar-refractivity contribution is 0.910. The van der Waals surface area contributed by atoms with Crippen LogP contribution in [-0.4, -0.2) is 64.8 Å². The minimum absolute atomic E-state index is 0.610. The van der Waals surface area contributed by atoms with E-state index in [4.69, 9.17) is 54.8 Å². The van der Waals surface area contributed by atoms with E-state index in [0.29, 0.717) is 51.5 Å². The number of aromatic nitrogens is 13. The number of benzene rings is 3. The number of rotatable bonds is 0. The largest absolute Gasteiger partial charge is 0.352 e. The molecule has 360 valence electrons. The molecule has 5 aliphatic rings.